The normalized spacial score (nSPS) is 26.2. The lowest BCUT2D eigenvalue weighted by molar-refractivity contribution is 0.104. The molecule has 4 heteroatoms. The van der Waals surface area contributed by atoms with Gasteiger partial charge in [0, 0.05) is 24.2 Å². The van der Waals surface area contributed by atoms with E-state index in [9.17, 15) is 8.78 Å². The van der Waals surface area contributed by atoms with Gasteiger partial charge in [-0.25, -0.2) is 8.78 Å². The molecule has 1 fully saturated rings. The molecule has 0 N–H and O–H groups in total. The first-order valence-electron chi connectivity index (χ1n) is 5.72. The molecule has 1 heterocycles. The summed E-state index contributed by atoms with van der Waals surface area (Å²) in [4.78, 5) is 0. The number of benzene rings is 1. The Labute approximate surface area is 105 Å². The lowest BCUT2D eigenvalue weighted by atomic mass is 9.92. The Hall–Kier alpha value is -0.670. The SMILES string of the molecule is Cc1cc(C(Cl)C2CCOC2C)c(F)cc1F. The number of aryl methyl sites for hydroxylation is 1. The second-order valence-electron chi connectivity index (χ2n) is 4.55. The van der Waals surface area contributed by atoms with Crippen LogP contribution in [0.3, 0.4) is 0 Å². The standard InChI is InChI=1S/C13H15ClF2O/c1-7-5-10(12(16)6-11(7)15)13(14)9-3-4-17-8(9)2/h5-6,8-9,13H,3-4H2,1-2H3. The zero-order valence-corrected chi connectivity index (χ0v) is 10.6. The Morgan fingerprint density at radius 1 is 1.35 bits per heavy atom. The van der Waals surface area contributed by atoms with Crippen LogP contribution in [0.1, 0.15) is 29.8 Å². The summed E-state index contributed by atoms with van der Waals surface area (Å²) < 4.78 is 32.3. The fourth-order valence-corrected chi connectivity index (χ4v) is 2.75. The smallest absolute Gasteiger partial charge is 0.130 e. The molecular formula is C13H15ClF2O. The molecule has 1 aromatic carbocycles. The summed E-state index contributed by atoms with van der Waals surface area (Å²) in [5.74, 6) is -1.03. The van der Waals surface area contributed by atoms with Gasteiger partial charge in [0.1, 0.15) is 11.6 Å². The second kappa shape index (κ2) is 4.91. The molecule has 1 saturated heterocycles. The summed E-state index contributed by atoms with van der Waals surface area (Å²) in [5.41, 5.74) is 0.784. The third-order valence-electron chi connectivity index (χ3n) is 3.39. The van der Waals surface area contributed by atoms with E-state index in [-0.39, 0.29) is 12.0 Å². The van der Waals surface area contributed by atoms with Crippen molar-refractivity contribution >= 4 is 11.6 Å². The largest absolute Gasteiger partial charge is 0.378 e. The maximum Gasteiger partial charge on any atom is 0.130 e. The zero-order chi connectivity index (χ0) is 12.6. The van der Waals surface area contributed by atoms with Gasteiger partial charge in [0.15, 0.2) is 0 Å². The van der Waals surface area contributed by atoms with Crippen molar-refractivity contribution in [3.63, 3.8) is 0 Å². The minimum atomic E-state index is -0.577. The third-order valence-corrected chi connectivity index (χ3v) is 3.94. The van der Waals surface area contributed by atoms with E-state index in [1.54, 1.807) is 6.92 Å². The maximum atomic E-state index is 13.7. The van der Waals surface area contributed by atoms with Crippen molar-refractivity contribution in [1.29, 1.82) is 0 Å². The van der Waals surface area contributed by atoms with E-state index in [0.717, 1.165) is 12.5 Å². The van der Waals surface area contributed by atoms with Crippen LogP contribution < -0.4 is 0 Å². The molecule has 0 aromatic heterocycles. The molecule has 0 radical (unpaired) electrons. The molecule has 17 heavy (non-hydrogen) atoms. The van der Waals surface area contributed by atoms with Crippen LogP contribution >= 0.6 is 11.6 Å². The van der Waals surface area contributed by atoms with Gasteiger partial charge in [-0.1, -0.05) is 0 Å². The van der Waals surface area contributed by atoms with E-state index in [4.69, 9.17) is 16.3 Å². The van der Waals surface area contributed by atoms with E-state index >= 15 is 0 Å². The third kappa shape index (κ3) is 2.45. The van der Waals surface area contributed by atoms with Gasteiger partial charge >= 0.3 is 0 Å². The Morgan fingerprint density at radius 3 is 2.65 bits per heavy atom. The average Bonchev–Trinajstić information content (AvgIpc) is 2.69. The number of rotatable bonds is 2. The van der Waals surface area contributed by atoms with Gasteiger partial charge in [-0.05, 0) is 31.9 Å². The number of ether oxygens (including phenoxy) is 1. The van der Waals surface area contributed by atoms with Crippen LogP contribution in [0, 0.1) is 24.5 Å². The van der Waals surface area contributed by atoms with E-state index in [2.05, 4.69) is 0 Å². The highest BCUT2D eigenvalue weighted by Gasteiger charge is 2.33. The zero-order valence-electron chi connectivity index (χ0n) is 9.84. The molecule has 0 aliphatic carbocycles. The van der Waals surface area contributed by atoms with Gasteiger partial charge in [-0.2, -0.15) is 0 Å². The molecule has 0 saturated carbocycles. The summed E-state index contributed by atoms with van der Waals surface area (Å²) in [5, 5.41) is -0.466. The first-order valence-corrected chi connectivity index (χ1v) is 6.15. The summed E-state index contributed by atoms with van der Waals surface area (Å²) in [6.45, 7) is 4.19. The monoisotopic (exact) mass is 260 g/mol. The van der Waals surface area contributed by atoms with Gasteiger partial charge in [-0.15, -0.1) is 11.6 Å². The summed E-state index contributed by atoms with van der Waals surface area (Å²) in [6.07, 6.45) is 0.827. The molecule has 0 bridgehead atoms. The van der Waals surface area contributed by atoms with Gasteiger partial charge in [0.05, 0.1) is 11.5 Å². The predicted octanol–water partition coefficient (Wildman–Crippen LogP) is 3.98. The molecule has 0 spiro atoms. The van der Waals surface area contributed by atoms with Crippen molar-refractivity contribution in [2.75, 3.05) is 6.61 Å². The fourth-order valence-electron chi connectivity index (χ4n) is 2.25. The molecule has 1 nitrogen and oxygen atoms in total. The first kappa shape index (κ1) is 12.8. The minimum absolute atomic E-state index is 0.0160. The van der Waals surface area contributed by atoms with E-state index in [1.807, 2.05) is 6.92 Å². The highest BCUT2D eigenvalue weighted by molar-refractivity contribution is 6.21. The Bertz CT molecular complexity index is 422. The van der Waals surface area contributed by atoms with Crippen LogP contribution in [0.4, 0.5) is 8.78 Å². The van der Waals surface area contributed by atoms with Crippen LogP contribution in [-0.4, -0.2) is 12.7 Å². The quantitative estimate of drug-likeness (QED) is 0.731. The van der Waals surface area contributed by atoms with Gasteiger partial charge in [-0.3, -0.25) is 0 Å². The molecule has 0 amide bonds. The minimum Gasteiger partial charge on any atom is -0.378 e. The van der Waals surface area contributed by atoms with E-state index in [0.29, 0.717) is 17.7 Å². The molecule has 3 unspecified atom stereocenters. The van der Waals surface area contributed by atoms with Crippen LogP contribution in [0.25, 0.3) is 0 Å². The Morgan fingerprint density at radius 2 is 2.06 bits per heavy atom. The van der Waals surface area contributed by atoms with Crippen molar-refractivity contribution in [1.82, 2.24) is 0 Å². The Balaban J connectivity index is 2.30. The summed E-state index contributed by atoms with van der Waals surface area (Å²) in [6, 6.07) is 2.40. The van der Waals surface area contributed by atoms with Crippen molar-refractivity contribution < 1.29 is 13.5 Å². The molecule has 1 aliphatic heterocycles. The van der Waals surface area contributed by atoms with Crippen molar-refractivity contribution in [3.8, 4) is 0 Å². The van der Waals surface area contributed by atoms with Crippen LogP contribution in [0.5, 0.6) is 0 Å². The highest BCUT2D eigenvalue weighted by Crippen LogP contribution is 2.39. The van der Waals surface area contributed by atoms with E-state index in [1.165, 1.54) is 6.07 Å². The molecule has 2 rings (SSSR count). The highest BCUT2D eigenvalue weighted by atomic mass is 35.5. The van der Waals surface area contributed by atoms with Gasteiger partial charge in [0.25, 0.3) is 0 Å². The van der Waals surface area contributed by atoms with Crippen molar-refractivity contribution in [2.45, 2.75) is 31.7 Å². The molecule has 1 aliphatic rings. The molecule has 3 atom stereocenters. The number of halogens is 3. The van der Waals surface area contributed by atoms with Crippen LogP contribution in [0.2, 0.25) is 0 Å². The van der Waals surface area contributed by atoms with Crippen LogP contribution in [-0.2, 0) is 4.74 Å². The number of hydrogen-bond acceptors (Lipinski definition) is 1. The fraction of sp³-hybridized carbons (Fsp3) is 0.538. The van der Waals surface area contributed by atoms with Crippen LogP contribution in [0.15, 0.2) is 12.1 Å². The predicted molar refractivity (Wildman–Crippen MR) is 63.2 cm³/mol. The van der Waals surface area contributed by atoms with Crippen molar-refractivity contribution in [2.24, 2.45) is 5.92 Å². The topological polar surface area (TPSA) is 9.23 Å². The molecule has 1 aromatic rings. The lowest BCUT2D eigenvalue weighted by Crippen LogP contribution is -2.17. The Kier molecular flexibility index (Phi) is 3.69. The average molecular weight is 261 g/mol. The maximum absolute atomic E-state index is 13.7. The van der Waals surface area contributed by atoms with Gasteiger partial charge in [0.2, 0.25) is 0 Å². The summed E-state index contributed by atoms with van der Waals surface area (Å²) >= 11 is 6.29. The molecule has 94 valence electrons. The molecular weight excluding hydrogens is 246 g/mol. The summed E-state index contributed by atoms with van der Waals surface area (Å²) in [7, 11) is 0. The number of hydrogen-bond donors (Lipinski definition) is 0. The van der Waals surface area contributed by atoms with Gasteiger partial charge < -0.3 is 4.74 Å². The van der Waals surface area contributed by atoms with Crippen molar-refractivity contribution in [3.05, 3.63) is 34.9 Å². The second-order valence-corrected chi connectivity index (χ2v) is 5.02. The first-order chi connectivity index (χ1) is 8.00. The number of alkyl halides is 1. The van der Waals surface area contributed by atoms with E-state index < -0.39 is 17.0 Å². The lowest BCUT2D eigenvalue weighted by Gasteiger charge is -2.21.